The maximum absolute atomic E-state index is 5.88. The smallest absolute Gasteiger partial charge is 0.224 e. The Balaban J connectivity index is 1.77. The molecule has 0 aliphatic heterocycles. The number of anilines is 2. The summed E-state index contributed by atoms with van der Waals surface area (Å²) in [4.78, 5) is 9.48. The van der Waals surface area contributed by atoms with Crippen molar-refractivity contribution < 1.29 is 0 Å². The molecule has 1 aliphatic rings. The lowest BCUT2D eigenvalue weighted by Gasteiger charge is -2.23. The predicted molar refractivity (Wildman–Crippen MR) is 113 cm³/mol. The van der Waals surface area contributed by atoms with Gasteiger partial charge in [-0.15, -0.1) is 0 Å². The van der Waals surface area contributed by atoms with Crippen molar-refractivity contribution in [3.05, 3.63) is 36.7 Å². The fourth-order valence-corrected chi connectivity index (χ4v) is 4.02. The summed E-state index contributed by atoms with van der Waals surface area (Å²) in [6.45, 7) is 3.11. The molecular formula is C22H29N5. The Labute approximate surface area is 161 Å². The van der Waals surface area contributed by atoms with Gasteiger partial charge in [-0.1, -0.05) is 44.7 Å². The third-order valence-corrected chi connectivity index (χ3v) is 5.57. The summed E-state index contributed by atoms with van der Waals surface area (Å²) >= 11 is 0. The van der Waals surface area contributed by atoms with Crippen molar-refractivity contribution in [1.29, 1.82) is 0 Å². The number of benzene rings is 1. The van der Waals surface area contributed by atoms with Gasteiger partial charge in [0.2, 0.25) is 5.95 Å². The van der Waals surface area contributed by atoms with E-state index in [0.717, 1.165) is 42.1 Å². The SMILES string of the molecule is CCCCNc1ncc2c(-c3ccc(N)cc3)cn(C3CCCCC3)c2n1. The summed E-state index contributed by atoms with van der Waals surface area (Å²) < 4.78 is 2.40. The van der Waals surface area contributed by atoms with Gasteiger partial charge in [0.25, 0.3) is 0 Å². The highest BCUT2D eigenvalue weighted by Crippen LogP contribution is 2.36. The van der Waals surface area contributed by atoms with Crippen LogP contribution in [0.4, 0.5) is 11.6 Å². The van der Waals surface area contributed by atoms with Crippen molar-refractivity contribution in [3.63, 3.8) is 0 Å². The van der Waals surface area contributed by atoms with Gasteiger partial charge in [0.1, 0.15) is 5.65 Å². The molecule has 2 aromatic heterocycles. The minimum absolute atomic E-state index is 0.530. The Kier molecular flexibility index (Phi) is 5.28. The fourth-order valence-electron chi connectivity index (χ4n) is 4.02. The van der Waals surface area contributed by atoms with Crippen molar-refractivity contribution >= 4 is 22.7 Å². The summed E-state index contributed by atoms with van der Waals surface area (Å²) in [6, 6.07) is 8.62. The largest absolute Gasteiger partial charge is 0.399 e. The van der Waals surface area contributed by atoms with Crippen LogP contribution in [0.2, 0.25) is 0 Å². The maximum atomic E-state index is 5.88. The Bertz CT molecular complexity index is 891. The molecule has 5 nitrogen and oxygen atoms in total. The first kappa shape index (κ1) is 17.8. The highest BCUT2D eigenvalue weighted by molar-refractivity contribution is 5.94. The normalized spacial score (nSPS) is 15.3. The zero-order chi connectivity index (χ0) is 18.6. The van der Waals surface area contributed by atoms with Crippen LogP contribution in [0.1, 0.15) is 57.9 Å². The van der Waals surface area contributed by atoms with Crippen LogP contribution in [0.15, 0.2) is 36.7 Å². The van der Waals surface area contributed by atoms with E-state index in [0.29, 0.717) is 6.04 Å². The fraction of sp³-hybridized carbons (Fsp3) is 0.455. The zero-order valence-corrected chi connectivity index (χ0v) is 16.1. The second-order valence-corrected chi connectivity index (χ2v) is 7.58. The first-order valence-corrected chi connectivity index (χ1v) is 10.2. The molecule has 27 heavy (non-hydrogen) atoms. The van der Waals surface area contributed by atoms with Crippen molar-refractivity contribution in [2.45, 2.75) is 57.9 Å². The molecule has 4 rings (SSSR count). The number of nitrogens with two attached hydrogens (primary N) is 1. The van der Waals surface area contributed by atoms with Gasteiger partial charge >= 0.3 is 0 Å². The summed E-state index contributed by atoms with van der Waals surface area (Å²) in [7, 11) is 0. The van der Waals surface area contributed by atoms with E-state index in [1.807, 2.05) is 18.3 Å². The number of nitrogen functional groups attached to an aromatic ring is 1. The Morgan fingerprint density at radius 3 is 2.67 bits per heavy atom. The topological polar surface area (TPSA) is 68.8 Å². The van der Waals surface area contributed by atoms with E-state index in [1.165, 1.54) is 43.2 Å². The summed E-state index contributed by atoms with van der Waals surface area (Å²) in [5, 5.41) is 4.49. The highest BCUT2D eigenvalue weighted by atomic mass is 15.2. The molecular weight excluding hydrogens is 334 g/mol. The maximum Gasteiger partial charge on any atom is 0.224 e. The monoisotopic (exact) mass is 363 g/mol. The number of hydrogen-bond donors (Lipinski definition) is 2. The van der Waals surface area contributed by atoms with Gasteiger partial charge in [-0.25, -0.2) is 4.98 Å². The van der Waals surface area contributed by atoms with Gasteiger partial charge in [0.15, 0.2) is 0 Å². The van der Waals surface area contributed by atoms with Crippen LogP contribution < -0.4 is 11.1 Å². The molecule has 0 radical (unpaired) electrons. The Morgan fingerprint density at radius 1 is 1.15 bits per heavy atom. The average Bonchev–Trinajstić information content (AvgIpc) is 3.08. The Morgan fingerprint density at radius 2 is 1.93 bits per heavy atom. The number of aromatic nitrogens is 3. The van der Waals surface area contributed by atoms with Crippen molar-refractivity contribution in [2.75, 3.05) is 17.6 Å². The molecule has 0 unspecified atom stereocenters. The lowest BCUT2D eigenvalue weighted by Crippen LogP contribution is -2.13. The number of nitrogens with zero attached hydrogens (tertiary/aromatic N) is 3. The van der Waals surface area contributed by atoms with Gasteiger partial charge in [-0.05, 0) is 37.0 Å². The third kappa shape index (κ3) is 3.77. The quantitative estimate of drug-likeness (QED) is 0.454. The molecule has 5 heteroatoms. The van der Waals surface area contributed by atoms with Crippen LogP contribution in [0.5, 0.6) is 0 Å². The molecule has 1 aliphatic carbocycles. The number of nitrogens with one attached hydrogen (secondary N) is 1. The van der Waals surface area contributed by atoms with Crippen LogP contribution in [0.25, 0.3) is 22.2 Å². The molecule has 1 fully saturated rings. The van der Waals surface area contributed by atoms with E-state index in [-0.39, 0.29) is 0 Å². The molecule has 0 saturated heterocycles. The molecule has 2 heterocycles. The molecule has 142 valence electrons. The van der Waals surface area contributed by atoms with Crippen molar-refractivity contribution in [2.24, 2.45) is 0 Å². The Hall–Kier alpha value is -2.56. The standard InChI is InChI=1S/C22H29N5/c1-2-3-13-24-22-25-14-19-20(16-9-11-17(23)12-10-16)15-27(21(19)26-22)18-7-5-4-6-8-18/h9-12,14-15,18H,2-8,13,23H2,1H3,(H,24,25,26). The average molecular weight is 364 g/mol. The number of unbranched alkanes of at least 4 members (excludes halogenated alkanes) is 1. The molecule has 0 spiro atoms. The van der Waals surface area contributed by atoms with Crippen molar-refractivity contribution in [3.8, 4) is 11.1 Å². The van der Waals surface area contributed by atoms with E-state index in [1.54, 1.807) is 0 Å². The third-order valence-electron chi connectivity index (χ3n) is 5.57. The van der Waals surface area contributed by atoms with Crippen LogP contribution in [-0.2, 0) is 0 Å². The minimum Gasteiger partial charge on any atom is -0.399 e. The number of rotatable bonds is 6. The van der Waals surface area contributed by atoms with Gasteiger partial charge < -0.3 is 15.6 Å². The molecule has 3 N–H and O–H groups in total. The lowest BCUT2D eigenvalue weighted by atomic mass is 9.95. The molecule has 0 atom stereocenters. The molecule has 3 aromatic rings. The molecule has 1 aromatic carbocycles. The number of fused-ring (bicyclic) bond motifs is 1. The van der Waals surface area contributed by atoms with Crippen molar-refractivity contribution in [1.82, 2.24) is 14.5 Å². The molecule has 0 bridgehead atoms. The first-order chi connectivity index (χ1) is 13.3. The summed E-state index contributed by atoms with van der Waals surface area (Å²) in [5.41, 5.74) is 10.1. The van der Waals surface area contributed by atoms with Crippen LogP contribution in [0, 0.1) is 0 Å². The predicted octanol–water partition coefficient (Wildman–Crippen LogP) is 5.40. The van der Waals surface area contributed by atoms with Crippen LogP contribution in [-0.4, -0.2) is 21.1 Å². The highest BCUT2D eigenvalue weighted by Gasteiger charge is 2.21. The second kappa shape index (κ2) is 7.99. The van der Waals surface area contributed by atoms with E-state index in [4.69, 9.17) is 10.7 Å². The lowest BCUT2D eigenvalue weighted by molar-refractivity contribution is 0.360. The van der Waals surface area contributed by atoms with E-state index in [9.17, 15) is 0 Å². The van der Waals surface area contributed by atoms with Gasteiger partial charge in [0, 0.05) is 41.6 Å². The first-order valence-electron chi connectivity index (χ1n) is 10.2. The van der Waals surface area contributed by atoms with E-state index >= 15 is 0 Å². The van der Waals surface area contributed by atoms with Gasteiger partial charge in [-0.3, -0.25) is 0 Å². The summed E-state index contributed by atoms with van der Waals surface area (Å²) in [6.07, 6.45) is 12.9. The molecule has 0 amide bonds. The van der Waals surface area contributed by atoms with E-state index in [2.05, 4.69) is 40.1 Å². The second-order valence-electron chi connectivity index (χ2n) is 7.58. The van der Waals surface area contributed by atoms with Gasteiger partial charge in [0.05, 0.1) is 0 Å². The van der Waals surface area contributed by atoms with E-state index < -0.39 is 0 Å². The van der Waals surface area contributed by atoms with Crippen LogP contribution >= 0.6 is 0 Å². The van der Waals surface area contributed by atoms with Crippen LogP contribution in [0.3, 0.4) is 0 Å². The molecule has 1 saturated carbocycles. The zero-order valence-electron chi connectivity index (χ0n) is 16.1. The van der Waals surface area contributed by atoms with Gasteiger partial charge in [-0.2, -0.15) is 4.98 Å². The summed E-state index contributed by atoms with van der Waals surface area (Å²) in [5.74, 6) is 0.731. The number of hydrogen-bond acceptors (Lipinski definition) is 4. The minimum atomic E-state index is 0.530.